The van der Waals surface area contributed by atoms with Gasteiger partial charge in [-0.25, -0.2) is 13.2 Å². The summed E-state index contributed by atoms with van der Waals surface area (Å²) < 4.78 is 34.1. The third-order valence-corrected chi connectivity index (χ3v) is 6.76. The number of ether oxygens (including phenoxy) is 2. The van der Waals surface area contributed by atoms with Crippen molar-refractivity contribution in [2.75, 3.05) is 25.2 Å². The van der Waals surface area contributed by atoms with Crippen LogP contribution in [0, 0.1) is 0 Å². The molecule has 0 spiro atoms. The SMILES string of the molecule is COc1cccc(/C=C/C(=O)OCC(=O)N(Cc2ccccc2)C2CCS(=O)(=O)C2)c1. The van der Waals surface area contributed by atoms with Crippen LogP contribution in [0.25, 0.3) is 6.08 Å². The summed E-state index contributed by atoms with van der Waals surface area (Å²) in [5, 5.41) is 0. The molecule has 0 bridgehead atoms. The van der Waals surface area contributed by atoms with Crippen LogP contribution in [0.2, 0.25) is 0 Å². The number of amides is 1. The van der Waals surface area contributed by atoms with Gasteiger partial charge in [0, 0.05) is 18.7 Å². The first kappa shape index (κ1) is 22.6. The Morgan fingerprint density at radius 3 is 2.58 bits per heavy atom. The van der Waals surface area contributed by atoms with Crippen molar-refractivity contribution < 1.29 is 27.5 Å². The van der Waals surface area contributed by atoms with Gasteiger partial charge in [0.25, 0.3) is 5.91 Å². The highest BCUT2D eigenvalue weighted by Crippen LogP contribution is 2.20. The van der Waals surface area contributed by atoms with Gasteiger partial charge in [0.1, 0.15) is 5.75 Å². The second kappa shape index (κ2) is 10.3. The summed E-state index contributed by atoms with van der Waals surface area (Å²) in [4.78, 5) is 26.4. The normalized spacial score (nSPS) is 17.4. The van der Waals surface area contributed by atoms with Crippen LogP contribution in [-0.4, -0.2) is 56.5 Å². The zero-order chi connectivity index (χ0) is 22.3. The lowest BCUT2D eigenvalue weighted by Gasteiger charge is -2.28. The summed E-state index contributed by atoms with van der Waals surface area (Å²) >= 11 is 0. The molecular weight excluding hydrogens is 418 g/mol. The second-order valence-corrected chi connectivity index (χ2v) is 9.51. The largest absolute Gasteiger partial charge is 0.497 e. The third kappa shape index (κ3) is 6.68. The first-order valence-electron chi connectivity index (χ1n) is 9.89. The Morgan fingerprint density at radius 2 is 1.90 bits per heavy atom. The number of esters is 1. The van der Waals surface area contributed by atoms with E-state index in [0.717, 1.165) is 11.1 Å². The minimum atomic E-state index is -3.17. The van der Waals surface area contributed by atoms with Crippen molar-refractivity contribution >= 4 is 27.8 Å². The quantitative estimate of drug-likeness (QED) is 0.460. The lowest BCUT2D eigenvalue weighted by Crippen LogP contribution is -2.42. The van der Waals surface area contributed by atoms with Gasteiger partial charge in [-0.3, -0.25) is 4.79 Å². The van der Waals surface area contributed by atoms with E-state index in [1.807, 2.05) is 30.3 Å². The third-order valence-electron chi connectivity index (χ3n) is 5.01. The van der Waals surface area contributed by atoms with Gasteiger partial charge in [-0.15, -0.1) is 0 Å². The molecule has 1 heterocycles. The van der Waals surface area contributed by atoms with Crippen molar-refractivity contribution in [1.29, 1.82) is 0 Å². The maximum Gasteiger partial charge on any atom is 0.331 e. The van der Waals surface area contributed by atoms with Crippen LogP contribution in [0.5, 0.6) is 5.75 Å². The molecule has 1 saturated heterocycles. The molecule has 1 atom stereocenters. The molecule has 1 aliphatic heterocycles. The number of rotatable bonds is 8. The second-order valence-electron chi connectivity index (χ2n) is 7.28. The summed E-state index contributed by atoms with van der Waals surface area (Å²) in [6, 6.07) is 16.0. The highest BCUT2D eigenvalue weighted by molar-refractivity contribution is 7.91. The molecule has 1 amide bonds. The molecule has 0 aromatic heterocycles. The zero-order valence-electron chi connectivity index (χ0n) is 17.3. The first-order valence-corrected chi connectivity index (χ1v) is 11.7. The van der Waals surface area contributed by atoms with E-state index in [0.29, 0.717) is 12.2 Å². The van der Waals surface area contributed by atoms with Crippen molar-refractivity contribution in [1.82, 2.24) is 4.90 Å². The molecular formula is C23H25NO6S. The van der Waals surface area contributed by atoms with Crippen LogP contribution in [0.15, 0.2) is 60.7 Å². The topological polar surface area (TPSA) is 90.0 Å². The maximum absolute atomic E-state index is 12.8. The molecule has 7 nitrogen and oxygen atoms in total. The van der Waals surface area contributed by atoms with E-state index in [1.54, 1.807) is 37.5 Å². The van der Waals surface area contributed by atoms with Crippen molar-refractivity contribution in [3.63, 3.8) is 0 Å². The summed E-state index contributed by atoms with van der Waals surface area (Å²) in [5.74, 6) is -0.438. The Labute approximate surface area is 182 Å². The van der Waals surface area contributed by atoms with Crippen molar-refractivity contribution in [3.05, 3.63) is 71.8 Å². The lowest BCUT2D eigenvalue weighted by molar-refractivity contribution is -0.149. The molecule has 3 rings (SSSR count). The van der Waals surface area contributed by atoms with Crippen LogP contribution >= 0.6 is 0 Å². The number of benzene rings is 2. The molecule has 0 aliphatic carbocycles. The fourth-order valence-electron chi connectivity index (χ4n) is 3.40. The molecule has 2 aromatic carbocycles. The standard InChI is InChI=1S/C23H25NO6S/c1-29-21-9-5-8-18(14-21)10-11-23(26)30-16-22(25)24(15-19-6-3-2-4-7-19)20-12-13-31(27,28)17-20/h2-11,14,20H,12-13,15-17H2,1H3/b11-10+. The van der Waals surface area contributed by atoms with Crippen molar-refractivity contribution in [3.8, 4) is 5.75 Å². The molecule has 164 valence electrons. The molecule has 2 aromatic rings. The van der Waals surface area contributed by atoms with Gasteiger partial charge in [0.15, 0.2) is 16.4 Å². The Balaban J connectivity index is 1.62. The fourth-order valence-corrected chi connectivity index (χ4v) is 5.13. The number of methoxy groups -OCH3 is 1. The zero-order valence-corrected chi connectivity index (χ0v) is 18.1. The molecule has 0 N–H and O–H groups in total. The van der Waals surface area contributed by atoms with Crippen molar-refractivity contribution in [2.45, 2.75) is 19.0 Å². The summed E-state index contributed by atoms with van der Waals surface area (Å²) in [5.41, 5.74) is 1.63. The van der Waals surface area contributed by atoms with E-state index in [-0.39, 0.29) is 18.1 Å². The van der Waals surface area contributed by atoms with Gasteiger partial charge in [-0.2, -0.15) is 0 Å². The molecule has 0 radical (unpaired) electrons. The highest BCUT2D eigenvalue weighted by Gasteiger charge is 2.34. The predicted octanol–water partition coefficient (Wildman–Crippen LogP) is 2.47. The van der Waals surface area contributed by atoms with Gasteiger partial charge < -0.3 is 14.4 Å². The number of carbonyl (C=O) groups excluding carboxylic acids is 2. The Morgan fingerprint density at radius 1 is 1.13 bits per heavy atom. The molecule has 8 heteroatoms. The number of hydrogen-bond acceptors (Lipinski definition) is 6. The summed E-state index contributed by atoms with van der Waals surface area (Å²) in [6.07, 6.45) is 3.19. The monoisotopic (exact) mass is 443 g/mol. The molecule has 0 saturated carbocycles. The highest BCUT2D eigenvalue weighted by atomic mass is 32.2. The van der Waals surface area contributed by atoms with Crippen LogP contribution in [0.4, 0.5) is 0 Å². The van der Waals surface area contributed by atoms with Crippen LogP contribution in [0.3, 0.4) is 0 Å². The maximum atomic E-state index is 12.8. The molecule has 1 fully saturated rings. The smallest absolute Gasteiger partial charge is 0.331 e. The van der Waals surface area contributed by atoms with E-state index in [9.17, 15) is 18.0 Å². The van der Waals surface area contributed by atoms with Gasteiger partial charge in [-0.1, -0.05) is 42.5 Å². The predicted molar refractivity (Wildman–Crippen MR) is 117 cm³/mol. The van der Waals surface area contributed by atoms with Gasteiger partial charge in [-0.05, 0) is 35.8 Å². The average Bonchev–Trinajstić information content (AvgIpc) is 3.14. The van der Waals surface area contributed by atoms with E-state index in [2.05, 4.69) is 0 Å². The Hall–Kier alpha value is -3.13. The molecule has 1 aliphatic rings. The lowest BCUT2D eigenvalue weighted by atomic mass is 10.1. The average molecular weight is 444 g/mol. The first-order chi connectivity index (χ1) is 14.9. The van der Waals surface area contributed by atoms with Crippen molar-refractivity contribution in [2.24, 2.45) is 0 Å². The van der Waals surface area contributed by atoms with Crippen LogP contribution in [0.1, 0.15) is 17.5 Å². The number of hydrogen-bond donors (Lipinski definition) is 0. The summed E-state index contributed by atoms with van der Waals surface area (Å²) in [6.45, 7) is -0.193. The van der Waals surface area contributed by atoms with Gasteiger partial charge >= 0.3 is 5.97 Å². The number of sulfone groups is 1. The fraction of sp³-hybridized carbons (Fsp3) is 0.304. The van der Waals surface area contributed by atoms with Gasteiger partial charge in [0.2, 0.25) is 0 Å². The minimum absolute atomic E-state index is 0.0549. The van der Waals surface area contributed by atoms with Crippen LogP contribution in [-0.2, 0) is 30.7 Å². The number of nitrogens with zero attached hydrogens (tertiary/aromatic N) is 1. The van der Waals surface area contributed by atoms with E-state index in [4.69, 9.17) is 9.47 Å². The molecule has 1 unspecified atom stereocenters. The number of carbonyl (C=O) groups is 2. The van der Waals surface area contributed by atoms with Gasteiger partial charge in [0.05, 0.1) is 18.6 Å². The molecule has 31 heavy (non-hydrogen) atoms. The van der Waals surface area contributed by atoms with E-state index >= 15 is 0 Å². The van der Waals surface area contributed by atoms with E-state index < -0.39 is 34.4 Å². The van der Waals surface area contributed by atoms with Crippen LogP contribution < -0.4 is 4.74 Å². The summed E-state index contributed by atoms with van der Waals surface area (Å²) in [7, 11) is -1.61. The Bertz CT molecular complexity index is 1050. The van der Waals surface area contributed by atoms with E-state index in [1.165, 1.54) is 11.0 Å². The Kier molecular flexibility index (Phi) is 7.46. The minimum Gasteiger partial charge on any atom is -0.497 e.